The number of carbonyl (C=O) groups excluding carboxylic acids is 1. The topological polar surface area (TPSA) is 61.8 Å². The van der Waals surface area contributed by atoms with E-state index in [9.17, 15) is 4.79 Å². The molecule has 0 saturated carbocycles. The number of aliphatic hydroxyl groups is 1. The van der Waals surface area contributed by atoms with Gasteiger partial charge in [-0.05, 0) is 12.8 Å². The van der Waals surface area contributed by atoms with E-state index >= 15 is 0 Å². The molecule has 2 aliphatic rings. The summed E-state index contributed by atoms with van der Waals surface area (Å²) in [4.78, 5) is 13.1. The van der Waals surface area contributed by atoms with Gasteiger partial charge in [0.1, 0.15) is 0 Å². The van der Waals surface area contributed by atoms with Crippen molar-refractivity contribution in [3.63, 3.8) is 0 Å². The van der Waals surface area contributed by atoms with E-state index in [-0.39, 0.29) is 24.2 Å². The van der Waals surface area contributed by atoms with E-state index in [0.29, 0.717) is 6.54 Å². The van der Waals surface area contributed by atoms with Gasteiger partial charge >= 0.3 is 0 Å². The van der Waals surface area contributed by atoms with Crippen molar-refractivity contribution in [2.24, 2.45) is 0 Å². The lowest BCUT2D eigenvalue weighted by Gasteiger charge is -2.46. The molecule has 2 N–H and O–H groups in total. The summed E-state index contributed by atoms with van der Waals surface area (Å²) in [5.74, 6) is 0.136. The highest BCUT2D eigenvalue weighted by atomic mass is 16.5. The molecule has 2 heterocycles. The minimum absolute atomic E-state index is 0.0607. The van der Waals surface area contributed by atoms with Crippen molar-refractivity contribution in [2.75, 3.05) is 32.8 Å². The van der Waals surface area contributed by atoms with Crippen molar-refractivity contribution >= 4 is 5.91 Å². The molecule has 0 aromatic rings. The van der Waals surface area contributed by atoms with Gasteiger partial charge in [0, 0.05) is 33.1 Å². The number of likely N-dealkylation sites (tertiary alicyclic amines) is 1. The van der Waals surface area contributed by atoms with Gasteiger partial charge in [0.25, 0.3) is 0 Å². The molecule has 0 aromatic carbocycles. The van der Waals surface area contributed by atoms with Crippen molar-refractivity contribution in [1.82, 2.24) is 10.2 Å². The monoisotopic (exact) mass is 228 g/mol. The van der Waals surface area contributed by atoms with E-state index in [2.05, 4.69) is 5.32 Å². The van der Waals surface area contributed by atoms with Gasteiger partial charge in [0.15, 0.2) is 0 Å². The summed E-state index contributed by atoms with van der Waals surface area (Å²) >= 11 is 0. The molecule has 0 radical (unpaired) electrons. The van der Waals surface area contributed by atoms with Gasteiger partial charge in [0.2, 0.25) is 5.91 Å². The summed E-state index contributed by atoms with van der Waals surface area (Å²) < 4.78 is 5.94. The van der Waals surface area contributed by atoms with Gasteiger partial charge in [-0.3, -0.25) is 4.79 Å². The second-order valence-electron chi connectivity index (χ2n) is 4.74. The van der Waals surface area contributed by atoms with Crippen LogP contribution in [0.4, 0.5) is 0 Å². The predicted octanol–water partition coefficient (Wildman–Crippen LogP) is -0.652. The number of rotatable bonds is 1. The van der Waals surface area contributed by atoms with Crippen molar-refractivity contribution in [3.05, 3.63) is 0 Å². The second kappa shape index (κ2) is 4.69. The van der Waals surface area contributed by atoms with Gasteiger partial charge in [-0.2, -0.15) is 0 Å². The molecule has 2 aliphatic heterocycles. The first-order valence-corrected chi connectivity index (χ1v) is 5.90. The molecule has 1 unspecified atom stereocenters. The van der Waals surface area contributed by atoms with Crippen LogP contribution in [0.25, 0.3) is 0 Å². The molecule has 1 atom stereocenters. The first-order chi connectivity index (χ1) is 7.65. The number of amides is 1. The van der Waals surface area contributed by atoms with Crippen LogP contribution >= 0.6 is 0 Å². The lowest BCUT2D eigenvalue weighted by atomic mass is 9.89. The summed E-state index contributed by atoms with van der Waals surface area (Å²) in [6.07, 6.45) is 1.62. The molecule has 92 valence electrons. The Balaban J connectivity index is 1.93. The summed E-state index contributed by atoms with van der Waals surface area (Å²) in [6, 6.07) is 0. The molecule has 5 nitrogen and oxygen atoms in total. The Bertz CT molecular complexity index is 262. The third-order valence-electron chi connectivity index (χ3n) is 3.56. The van der Waals surface area contributed by atoms with E-state index in [1.807, 2.05) is 4.90 Å². The summed E-state index contributed by atoms with van der Waals surface area (Å²) in [7, 11) is 0. The Morgan fingerprint density at radius 3 is 2.81 bits per heavy atom. The third-order valence-corrected chi connectivity index (χ3v) is 3.56. The van der Waals surface area contributed by atoms with Crippen LogP contribution < -0.4 is 5.32 Å². The molecule has 5 heteroatoms. The lowest BCUT2D eigenvalue weighted by molar-refractivity contribution is -0.159. The van der Waals surface area contributed by atoms with E-state index in [0.717, 1.165) is 32.5 Å². The van der Waals surface area contributed by atoms with E-state index in [1.165, 1.54) is 0 Å². The van der Waals surface area contributed by atoms with Crippen LogP contribution in [-0.2, 0) is 9.53 Å². The minimum atomic E-state index is -0.169. The van der Waals surface area contributed by atoms with Gasteiger partial charge < -0.3 is 20.1 Å². The summed E-state index contributed by atoms with van der Waals surface area (Å²) in [6.45, 7) is 4.73. The van der Waals surface area contributed by atoms with Crippen molar-refractivity contribution in [3.8, 4) is 0 Å². The van der Waals surface area contributed by atoms with Crippen LogP contribution in [0.15, 0.2) is 0 Å². The molecule has 1 spiro atoms. The Labute approximate surface area is 95.8 Å². The maximum Gasteiger partial charge on any atom is 0.219 e. The maximum absolute atomic E-state index is 11.2. The molecular weight excluding hydrogens is 208 g/mol. The fourth-order valence-electron chi connectivity index (χ4n) is 2.52. The highest BCUT2D eigenvalue weighted by Crippen LogP contribution is 2.29. The van der Waals surface area contributed by atoms with E-state index < -0.39 is 0 Å². The van der Waals surface area contributed by atoms with Crippen LogP contribution in [0.5, 0.6) is 0 Å². The highest BCUT2D eigenvalue weighted by molar-refractivity contribution is 5.73. The molecule has 0 bridgehead atoms. The Morgan fingerprint density at radius 2 is 2.25 bits per heavy atom. The molecule has 0 aliphatic carbocycles. The maximum atomic E-state index is 11.2. The highest BCUT2D eigenvalue weighted by Gasteiger charge is 2.40. The fourth-order valence-corrected chi connectivity index (χ4v) is 2.52. The largest absolute Gasteiger partial charge is 0.394 e. The molecule has 2 rings (SSSR count). The quantitative estimate of drug-likeness (QED) is 0.626. The third kappa shape index (κ3) is 2.36. The number of carbonyl (C=O) groups is 1. The number of hydrogen-bond acceptors (Lipinski definition) is 4. The zero-order chi connectivity index (χ0) is 11.6. The Kier molecular flexibility index (Phi) is 3.47. The molecule has 2 fully saturated rings. The van der Waals surface area contributed by atoms with Gasteiger partial charge in [-0.15, -0.1) is 0 Å². The molecule has 16 heavy (non-hydrogen) atoms. The first-order valence-electron chi connectivity index (χ1n) is 5.90. The van der Waals surface area contributed by atoms with E-state index in [4.69, 9.17) is 9.84 Å². The van der Waals surface area contributed by atoms with Gasteiger partial charge in [-0.1, -0.05) is 0 Å². The van der Waals surface area contributed by atoms with Crippen molar-refractivity contribution in [1.29, 1.82) is 0 Å². The van der Waals surface area contributed by atoms with Gasteiger partial charge in [-0.25, -0.2) is 0 Å². The Morgan fingerprint density at radius 1 is 1.56 bits per heavy atom. The number of piperidine rings is 1. The van der Waals surface area contributed by atoms with Crippen LogP contribution in [0.2, 0.25) is 0 Å². The molecule has 0 aromatic heterocycles. The van der Waals surface area contributed by atoms with Crippen LogP contribution in [0.1, 0.15) is 19.8 Å². The zero-order valence-corrected chi connectivity index (χ0v) is 9.74. The van der Waals surface area contributed by atoms with E-state index in [1.54, 1.807) is 6.92 Å². The van der Waals surface area contributed by atoms with Gasteiger partial charge in [0.05, 0.1) is 18.3 Å². The lowest BCUT2D eigenvalue weighted by Crippen LogP contribution is -2.59. The van der Waals surface area contributed by atoms with Crippen molar-refractivity contribution in [2.45, 2.75) is 31.5 Å². The number of ether oxygens (including phenoxy) is 1. The summed E-state index contributed by atoms with van der Waals surface area (Å²) in [5.41, 5.74) is -0.169. The molecule has 1 amide bonds. The minimum Gasteiger partial charge on any atom is -0.394 e. The summed E-state index contributed by atoms with van der Waals surface area (Å²) in [5, 5.41) is 12.4. The normalized spacial score (nSPS) is 29.4. The number of nitrogens with zero attached hydrogens (tertiary/aromatic N) is 1. The fraction of sp³-hybridized carbons (Fsp3) is 0.909. The Hall–Kier alpha value is -0.650. The standard InChI is InChI=1S/C11H20N2O3/c1-9(15)13-4-2-11(3-5-13)8-12-6-10(7-14)16-11/h10,12,14H,2-8H2,1H3. The van der Waals surface area contributed by atoms with Crippen LogP contribution in [0.3, 0.4) is 0 Å². The SMILES string of the molecule is CC(=O)N1CCC2(CC1)CNCC(CO)O2. The average Bonchev–Trinajstić information content (AvgIpc) is 2.29. The zero-order valence-electron chi connectivity index (χ0n) is 9.74. The number of nitrogens with one attached hydrogen (secondary N) is 1. The van der Waals surface area contributed by atoms with Crippen molar-refractivity contribution < 1.29 is 14.6 Å². The molecular formula is C11H20N2O3. The molecule has 2 saturated heterocycles. The predicted molar refractivity (Wildman–Crippen MR) is 59.0 cm³/mol. The number of hydrogen-bond donors (Lipinski definition) is 2. The first kappa shape index (κ1) is 11.8. The number of aliphatic hydroxyl groups excluding tert-OH is 1. The smallest absolute Gasteiger partial charge is 0.219 e. The number of morpholine rings is 1. The van der Waals surface area contributed by atoms with Crippen LogP contribution in [0, 0.1) is 0 Å². The average molecular weight is 228 g/mol. The van der Waals surface area contributed by atoms with Crippen LogP contribution in [-0.4, -0.2) is 60.4 Å². The second-order valence-corrected chi connectivity index (χ2v) is 4.74.